The van der Waals surface area contributed by atoms with Gasteiger partial charge < -0.3 is 19.4 Å². The van der Waals surface area contributed by atoms with Crippen molar-refractivity contribution in [1.82, 2.24) is 19.6 Å². The van der Waals surface area contributed by atoms with Crippen LogP contribution in [0.3, 0.4) is 0 Å². The average molecular weight is 499 g/mol. The lowest BCUT2D eigenvalue weighted by atomic mass is 9.98. The van der Waals surface area contributed by atoms with Crippen LogP contribution in [0.1, 0.15) is 32.4 Å². The Morgan fingerprint density at radius 3 is 3.00 bits per heavy atom. The third kappa shape index (κ3) is 5.83. The van der Waals surface area contributed by atoms with Gasteiger partial charge in [-0.15, -0.1) is 24.0 Å². The Morgan fingerprint density at radius 1 is 1.39 bits per heavy atom. The number of nitrogens with zero attached hydrogens (tertiary/aromatic N) is 4. The van der Waals surface area contributed by atoms with Crippen molar-refractivity contribution in [3.63, 3.8) is 0 Å². The number of piperidine rings is 1. The molecule has 0 saturated carbocycles. The number of nitrogens with one attached hydrogen (secondary N) is 1. The Morgan fingerprint density at radius 2 is 2.25 bits per heavy atom. The minimum Gasteiger partial charge on any atom is -0.466 e. The predicted octanol–water partition coefficient (Wildman–Crippen LogP) is 2.74. The zero-order chi connectivity index (χ0) is 19.1. The second-order valence-corrected chi connectivity index (χ2v) is 6.72. The fourth-order valence-electron chi connectivity index (χ4n) is 3.43. The van der Waals surface area contributed by atoms with Crippen molar-refractivity contribution in [3.05, 3.63) is 36.3 Å². The number of carbonyl (C=O) groups is 1. The normalized spacial score (nSPS) is 17.3. The summed E-state index contributed by atoms with van der Waals surface area (Å²) < 4.78 is 7.23. The van der Waals surface area contributed by atoms with E-state index >= 15 is 0 Å². The fraction of sp³-hybridized carbons (Fsp3) is 0.550. The number of pyridine rings is 1. The van der Waals surface area contributed by atoms with Gasteiger partial charge in [-0.2, -0.15) is 0 Å². The van der Waals surface area contributed by atoms with Gasteiger partial charge >= 0.3 is 5.97 Å². The summed E-state index contributed by atoms with van der Waals surface area (Å²) in [4.78, 5) is 23.7. The van der Waals surface area contributed by atoms with Gasteiger partial charge in [0.1, 0.15) is 5.65 Å². The molecule has 0 amide bonds. The quantitative estimate of drug-likeness (QED) is 0.287. The molecule has 0 aliphatic carbocycles. The van der Waals surface area contributed by atoms with Crippen LogP contribution in [0.5, 0.6) is 0 Å². The Bertz CT molecular complexity index is 759. The van der Waals surface area contributed by atoms with Crippen LogP contribution in [0.2, 0.25) is 0 Å². The van der Waals surface area contributed by atoms with Crippen molar-refractivity contribution in [1.29, 1.82) is 0 Å². The Kier molecular flexibility index (Phi) is 9.01. The first-order valence-corrected chi connectivity index (χ1v) is 9.83. The molecule has 2 aromatic heterocycles. The number of ether oxygens (including phenoxy) is 1. The van der Waals surface area contributed by atoms with E-state index in [0.29, 0.717) is 19.7 Å². The van der Waals surface area contributed by atoms with E-state index in [9.17, 15) is 4.79 Å². The summed E-state index contributed by atoms with van der Waals surface area (Å²) in [6, 6.07) is 5.99. The van der Waals surface area contributed by atoms with E-state index in [0.717, 1.165) is 49.7 Å². The molecule has 1 aliphatic heterocycles. The molecule has 1 fully saturated rings. The van der Waals surface area contributed by atoms with Crippen LogP contribution in [0.25, 0.3) is 5.65 Å². The molecular weight excluding hydrogens is 469 g/mol. The number of carbonyl (C=O) groups excluding carboxylic acids is 1. The maximum absolute atomic E-state index is 12.1. The lowest BCUT2D eigenvalue weighted by Crippen LogP contribution is -2.48. The number of aromatic nitrogens is 2. The SMILES string of the molecule is CCNC(=NCCc1cn2ccccc2n1)N1CCCC(C(=O)OCC)C1.I. The van der Waals surface area contributed by atoms with Gasteiger partial charge in [0.05, 0.1) is 18.2 Å². The molecule has 7 nitrogen and oxygen atoms in total. The largest absolute Gasteiger partial charge is 0.466 e. The van der Waals surface area contributed by atoms with Crippen LogP contribution >= 0.6 is 24.0 Å². The van der Waals surface area contributed by atoms with Crippen LogP contribution in [-0.2, 0) is 16.0 Å². The summed E-state index contributed by atoms with van der Waals surface area (Å²) in [6.07, 6.45) is 6.69. The minimum atomic E-state index is -0.0947. The highest BCUT2D eigenvalue weighted by atomic mass is 127. The molecule has 3 heterocycles. The molecule has 1 saturated heterocycles. The molecule has 0 aromatic carbocycles. The van der Waals surface area contributed by atoms with Gasteiger partial charge in [-0.1, -0.05) is 6.07 Å². The number of fused-ring (bicyclic) bond motifs is 1. The highest BCUT2D eigenvalue weighted by molar-refractivity contribution is 14.0. The first-order valence-electron chi connectivity index (χ1n) is 9.83. The predicted molar refractivity (Wildman–Crippen MR) is 121 cm³/mol. The number of guanidine groups is 1. The summed E-state index contributed by atoms with van der Waals surface area (Å²) in [5.74, 6) is 0.707. The molecule has 0 bridgehead atoms. The average Bonchev–Trinajstić information content (AvgIpc) is 3.10. The fourth-order valence-corrected chi connectivity index (χ4v) is 3.43. The van der Waals surface area contributed by atoms with E-state index in [1.165, 1.54) is 0 Å². The first kappa shape index (κ1) is 22.4. The highest BCUT2D eigenvalue weighted by Gasteiger charge is 2.28. The molecule has 2 aromatic rings. The Balaban J connectivity index is 0.00000280. The molecule has 0 radical (unpaired) electrons. The van der Waals surface area contributed by atoms with Gasteiger partial charge in [-0.3, -0.25) is 9.79 Å². The number of hydrogen-bond donors (Lipinski definition) is 1. The zero-order valence-electron chi connectivity index (χ0n) is 16.6. The Labute approximate surface area is 183 Å². The maximum atomic E-state index is 12.1. The molecule has 1 N–H and O–H groups in total. The lowest BCUT2D eigenvalue weighted by molar-refractivity contribution is -0.149. The molecule has 1 unspecified atom stereocenters. The summed E-state index contributed by atoms with van der Waals surface area (Å²) in [5, 5.41) is 3.35. The number of esters is 1. The number of imidazole rings is 1. The summed E-state index contributed by atoms with van der Waals surface area (Å²) >= 11 is 0. The van der Waals surface area contributed by atoms with E-state index in [4.69, 9.17) is 9.73 Å². The topological polar surface area (TPSA) is 71.2 Å². The van der Waals surface area contributed by atoms with Crippen LogP contribution < -0.4 is 5.32 Å². The van der Waals surface area contributed by atoms with Crippen LogP contribution in [0, 0.1) is 5.92 Å². The highest BCUT2D eigenvalue weighted by Crippen LogP contribution is 2.18. The van der Waals surface area contributed by atoms with Crippen molar-refractivity contribution in [2.24, 2.45) is 10.9 Å². The van der Waals surface area contributed by atoms with Crippen molar-refractivity contribution in [2.75, 3.05) is 32.8 Å². The number of rotatable bonds is 6. The van der Waals surface area contributed by atoms with E-state index < -0.39 is 0 Å². The number of likely N-dealkylation sites (tertiary alicyclic amines) is 1. The number of aliphatic imine (C=N–C) groups is 1. The number of hydrogen-bond acceptors (Lipinski definition) is 4. The summed E-state index contributed by atoms with van der Waals surface area (Å²) in [7, 11) is 0. The molecule has 154 valence electrons. The van der Waals surface area contributed by atoms with Gasteiger partial charge in [0.2, 0.25) is 0 Å². The van der Waals surface area contributed by atoms with Crippen molar-refractivity contribution in [3.8, 4) is 0 Å². The van der Waals surface area contributed by atoms with Crippen molar-refractivity contribution < 1.29 is 9.53 Å². The van der Waals surface area contributed by atoms with E-state index in [2.05, 4.69) is 28.3 Å². The third-order valence-electron chi connectivity index (χ3n) is 4.72. The molecule has 28 heavy (non-hydrogen) atoms. The lowest BCUT2D eigenvalue weighted by Gasteiger charge is -2.34. The van der Waals surface area contributed by atoms with Crippen LogP contribution in [0.4, 0.5) is 0 Å². The van der Waals surface area contributed by atoms with E-state index in [1.807, 2.05) is 35.7 Å². The van der Waals surface area contributed by atoms with Crippen LogP contribution in [-0.4, -0.2) is 59.0 Å². The molecule has 8 heteroatoms. The smallest absolute Gasteiger partial charge is 0.310 e. The second kappa shape index (κ2) is 11.2. The monoisotopic (exact) mass is 499 g/mol. The van der Waals surface area contributed by atoms with Gasteiger partial charge in [0.15, 0.2) is 5.96 Å². The van der Waals surface area contributed by atoms with Gasteiger partial charge in [-0.25, -0.2) is 4.98 Å². The molecule has 0 spiro atoms. The summed E-state index contributed by atoms with van der Waals surface area (Å²) in [6.45, 7) is 7.38. The molecule has 3 rings (SSSR count). The minimum absolute atomic E-state index is 0. The van der Waals surface area contributed by atoms with Gasteiger partial charge in [0, 0.05) is 45.0 Å². The standard InChI is InChI=1S/C20H29N5O2.HI/c1-3-21-20(25-13-7-8-16(14-25)19(26)27-4-2)22-11-10-17-15-24-12-6-5-9-18(24)23-17;/h5-6,9,12,15-16H,3-4,7-8,10-11,13-14H2,1-2H3,(H,21,22);1H. The first-order chi connectivity index (χ1) is 13.2. The van der Waals surface area contributed by atoms with Crippen LogP contribution in [0.15, 0.2) is 35.6 Å². The van der Waals surface area contributed by atoms with E-state index in [-0.39, 0.29) is 35.9 Å². The van der Waals surface area contributed by atoms with E-state index in [1.54, 1.807) is 0 Å². The Hall–Kier alpha value is -1.84. The third-order valence-corrected chi connectivity index (χ3v) is 4.72. The maximum Gasteiger partial charge on any atom is 0.310 e. The molecule has 1 atom stereocenters. The number of halogens is 1. The molecule has 1 aliphatic rings. The van der Waals surface area contributed by atoms with Gasteiger partial charge in [0.25, 0.3) is 0 Å². The van der Waals surface area contributed by atoms with Crippen molar-refractivity contribution >= 4 is 41.6 Å². The summed E-state index contributed by atoms with van der Waals surface area (Å²) in [5.41, 5.74) is 1.99. The van der Waals surface area contributed by atoms with Crippen molar-refractivity contribution in [2.45, 2.75) is 33.1 Å². The van der Waals surface area contributed by atoms with Gasteiger partial charge in [-0.05, 0) is 38.8 Å². The second-order valence-electron chi connectivity index (χ2n) is 6.72. The zero-order valence-corrected chi connectivity index (χ0v) is 19.0. The molecular formula is C20H30IN5O2.